The van der Waals surface area contributed by atoms with Gasteiger partial charge in [-0.3, -0.25) is 5.32 Å². The molecule has 4 rings (SSSR count). The van der Waals surface area contributed by atoms with E-state index in [1.807, 2.05) is 11.8 Å². The number of fused-ring (bicyclic) bond motifs is 1. The fourth-order valence-electron chi connectivity index (χ4n) is 3.38. The molecule has 0 aliphatic carbocycles. The standard InChI is InChI=1S/C19H17ClF3N5OS/c1-11-10-27(16-13(20)3-2-6-24-16)7-8-28(11)18(29)26-17-25-14-5-4-12(19(21,22)23)9-15(14)30-17/h2-6,9,11H,7-8,10H2,1H3,(H,25,26,29)/t11-/m1/s1. The molecule has 1 N–H and O–H groups in total. The molecule has 158 valence electrons. The molecule has 0 bridgehead atoms. The number of piperazine rings is 1. The Morgan fingerprint density at radius 2 is 2.10 bits per heavy atom. The van der Waals surface area contributed by atoms with Crippen molar-refractivity contribution in [1.82, 2.24) is 14.9 Å². The molecule has 2 amide bonds. The second-order valence-corrected chi connectivity index (χ2v) is 8.36. The van der Waals surface area contributed by atoms with E-state index in [1.165, 1.54) is 6.07 Å². The van der Waals surface area contributed by atoms with E-state index in [-0.39, 0.29) is 17.2 Å². The molecule has 6 nitrogen and oxygen atoms in total. The maximum atomic E-state index is 12.9. The Morgan fingerprint density at radius 3 is 2.80 bits per heavy atom. The van der Waals surface area contributed by atoms with E-state index >= 15 is 0 Å². The Balaban J connectivity index is 1.45. The Bertz CT molecular complexity index is 1090. The second-order valence-electron chi connectivity index (χ2n) is 6.93. The van der Waals surface area contributed by atoms with Gasteiger partial charge in [0.2, 0.25) is 0 Å². The SMILES string of the molecule is C[C@@H]1CN(c2ncccc2Cl)CCN1C(=O)Nc1nc2ccc(C(F)(F)F)cc2s1. The van der Waals surface area contributed by atoms with Gasteiger partial charge in [-0.25, -0.2) is 14.8 Å². The average molecular weight is 456 g/mol. The van der Waals surface area contributed by atoms with Crippen LogP contribution in [0.25, 0.3) is 10.2 Å². The van der Waals surface area contributed by atoms with Crippen LogP contribution in [-0.2, 0) is 6.18 Å². The molecular formula is C19H17ClF3N5OS. The van der Waals surface area contributed by atoms with Crippen molar-refractivity contribution in [1.29, 1.82) is 0 Å². The summed E-state index contributed by atoms with van der Waals surface area (Å²) in [5, 5.41) is 3.52. The van der Waals surface area contributed by atoms with Gasteiger partial charge in [0.25, 0.3) is 0 Å². The summed E-state index contributed by atoms with van der Waals surface area (Å²) in [6, 6.07) is 6.40. The predicted molar refractivity (Wildman–Crippen MR) is 111 cm³/mol. The van der Waals surface area contributed by atoms with E-state index in [1.54, 1.807) is 23.2 Å². The van der Waals surface area contributed by atoms with Crippen LogP contribution in [0, 0.1) is 0 Å². The van der Waals surface area contributed by atoms with E-state index in [4.69, 9.17) is 11.6 Å². The number of hydrogen-bond acceptors (Lipinski definition) is 5. The van der Waals surface area contributed by atoms with Gasteiger partial charge >= 0.3 is 12.2 Å². The van der Waals surface area contributed by atoms with Gasteiger partial charge < -0.3 is 9.80 Å². The molecule has 1 aliphatic rings. The van der Waals surface area contributed by atoms with Crippen molar-refractivity contribution in [3.63, 3.8) is 0 Å². The molecule has 30 heavy (non-hydrogen) atoms. The first-order chi connectivity index (χ1) is 14.2. The molecule has 3 heterocycles. The van der Waals surface area contributed by atoms with Crippen molar-refractivity contribution in [3.8, 4) is 0 Å². The van der Waals surface area contributed by atoms with Gasteiger partial charge in [0.15, 0.2) is 5.13 Å². The number of urea groups is 1. The first-order valence-electron chi connectivity index (χ1n) is 9.13. The van der Waals surface area contributed by atoms with Crippen LogP contribution in [0.1, 0.15) is 12.5 Å². The van der Waals surface area contributed by atoms with Crippen LogP contribution in [-0.4, -0.2) is 46.6 Å². The number of amides is 2. The molecule has 0 spiro atoms. The topological polar surface area (TPSA) is 61.4 Å². The number of anilines is 2. The van der Waals surface area contributed by atoms with Crippen LogP contribution >= 0.6 is 22.9 Å². The minimum Gasteiger partial charge on any atom is -0.352 e. The molecule has 1 atom stereocenters. The highest BCUT2D eigenvalue weighted by Gasteiger charge is 2.31. The van der Waals surface area contributed by atoms with Crippen molar-refractivity contribution in [2.45, 2.75) is 19.1 Å². The average Bonchev–Trinajstić information content (AvgIpc) is 3.08. The quantitative estimate of drug-likeness (QED) is 0.583. The van der Waals surface area contributed by atoms with Gasteiger partial charge in [-0.2, -0.15) is 13.2 Å². The Morgan fingerprint density at radius 1 is 1.30 bits per heavy atom. The molecular weight excluding hydrogens is 439 g/mol. The number of rotatable bonds is 2. The number of aromatic nitrogens is 2. The molecule has 1 aliphatic heterocycles. The summed E-state index contributed by atoms with van der Waals surface area (Å²) in [7, 11) is 0. The van der Waals surface area contributed by atoms with Crippen molar-refractivity contribution >= 4 is 50.1 Å². The number of thiazole rings is 1. The first kappa shape index (κ1) is 20.7. The van der Waals surface area contributed by atoms with E-state index < -0.39 is 11.7 Å². The molecule has 0 unspecified atom stereocenters. The number of carbonyl (C=O) groups is 1. The van der Waals surface area contributed by atoms with Crippen LogP contribution in [0.5, 0.6) is 0 Å². The van der Waals surface area contributed by atoms with Crippen LogP contribution in [0.3, 0.4) is 0 Å². The Hall–Kier alpha value is -2.59. The van der Waals surface area contributed by atoms with E-state index in [0.29, 0.717) is 40.7 Å². The largest absolute Gasteiger partial charge is 0.416 e. The van der Waals surface area contributed by atoms with Crippen LogP contribution in [0.4, 0.5) is 28.9 Å². The molecule has 1 saturated heterocycles. The molecule has 0 saturated carbocycles. The summed E-state index contributed by atoms with van der Waals surface area (Å²) in [5.41, 5.74) is -0.333. The van der Waals surface area contributed by atoms with Gasteiger partial charge in [-0.1, -0.05) is 22.9 Å². The number of pyridine rings is 1. The molecule has 11 heteroatoms. The Labute approximate surface area is 179 Å². The van der Waals surface area contributed by atoms with Crippen LogP contribution in [0.2, 0.25) is 5.02 Å². The smallest absolute Gasteiger partial charge is 0.352 e. The molecule has 1 aromatic carbocycles. The van der Waals surface area contributed by atoms with Gasteiger partial charge in [-0.05, 0) is 37.3 Å². The zero-order valence-corrected chi connectivity index (χ0v) is 17.4. The maximum absolute atomic E-state index is 12.9. The number of nitrogens with zero attached hydrogens (tertiary/aromatic N) is 4. The lowest BCUT2D eigenvalue weighted by atomic mass is 10.2. The predicted octanol–water partition coefficient (Wildman–Crippen LogP) is 5.11. The van der Waals surface area contributed by atoms with Crippen molar-refractivity contribution in [3.05, 3.63) is 47.1 Å². The van der Waals surface area contributed by atoms with Gasteiger partial charge in [0.1, 0.15) is 5.82 Å². The Kier molecular flexibility index (Phi) is 5.46. The zero-order chi connectivity index (χ0) is 21.5. The maximum Gasteiger partial charge on any atom is 0.416 e. The van der Waals surface area contributed by atoms with Crippen molar-refractivity contribution < 1.29 is 18.0 Å². The fraction of sp³-hybridized carbons (Fsp3) is 0.316. The highest BCUT2D eigenvalue weighted by molar-refractivity contribution is 7.22. The van der Waals surface area contributed by atoms with E-state index in [0.717, 1.165) is 23.5 Å². The number of alkyl halides is 3. The number of halogens is 4. The molecule has 1 fully saturated rings. The minimum atomic E-state index is -4.42. The number of nitrogens with one attached hydrogen (secondary N) is 1. The normalized spacial score (nSPS) is 17.4. The third kappa shape index (κ3) is 4.15. The molecule has 2 aromatic heterocycles. The van der Waals surface area contributed by atoms with Gasteiger partial charge in [-0.15, -0.1) is 0 Å². The summed E-state index contributed by atoms with van der Waals surface area (Å²) in [6.45, 7) is 3.47. The molecule has 0 radical (unpaired) electrons. The van der Waals surface area contributed by atoms with Gasteiger partial charge in [0.05, 0.1) is 20.8 Å². The van der Waals surface area contributed by atoms with Gasteiger partial charge in [0, 0.05) is 31.9 Å². The number of benzene rings is 1. The van der Waals surface area contributed by atoms with E-state index in [2.05, 4.69) is 15.3 Å². The number of hydrogen-bond donors (Lipinski definition) is 1. The fourth-order valence-corrected chi connectivity index (χ4v) is 4.52. The third-order valence-corrected chi connectivity index (χ3v) is 6.09. The third-order valence-electron chi connectivity index (χ3n) is 4.86. The lowest BCUT2D eigenvalue weighted by Gasteiger charge is -2.40. The first-order valence-corrected chi connectivity index (χ1v) is 10.3. The summed E-state index contributed by atoms with van der Waals surface area (Å²) in [6.07, 6.45) is -2.75. The number of carbonyl (C=O) groups excluding carboxylic acids is 1. The van der Waals surface area contributed by atoms with Crippen LogP contribution in [0.15, 0.2) is 36.5 Å². The summed E-state index contributed by atoms with van der Waals surface area (Å²) in [4.78, 5) is 25.0. The monoisotopic (exact) mass is 455 g/mol. The molecule has 3 aromatic rings. The van der Waals surface area contributed by atoms with Crippen molar-refractivity contribution in [2.75, 3.05) is 29.9 Å². The zero-order valence-electron chi connectivity index (χ0n) is 15.8. The summed E-state index contributed by atoms with van der Waals surface area (Å²) >= 11 is 7.23. The van der Waals surface area contributed by atoms with Crippen LogP contribution < -0.4 is 10.2 Å². The lowest BCUT2D eigenvalue weighted by Crippen LogP contribution is -2.55. The summed E-state index contributed by atoms with van der Waals surface area (Å²) in [5.74, 6) is 0.678. The second kappa shape index (κ2) is 7.92. The van der Waals surface area contributed by atoms with Crippen molar-refractivity contribution in [2.24, 2.45) is 0 Å². The highest BCUT2D eigenvalue weighted by atomic mass is 35.5. The lowest BCUT2D eigenvalue weighted by molar-refractivity contribution is -0.137. The summed E-state index contributed by atoms with van der Waals surface area (Å²) < 4.78 is 39.0. The minimum absolute atomic E-state index is 0.122. The van der Waals surface area contributed by atoms with E-state index in [9.17, 15) is 18.0 Å². The highest BCUT2D eigenvalue weighted by Crippen LogP contribution is 2.34.